The van der Waals surface area contributed by atoms with E-state index in [0.29, 0.717) is 11.7 Å². The minimum absolute atomic E-state index is 0.581. The molecule has 2 N–H and O–H groups in total. The fourth-order valence-electron chi connectivity index (χ4n) is 2.67. The molecule has 0 atom stereocenters. The number of halogens is 1. The smallest absolute Gasteiger partial charge is 0.171 e. The molecule has 1 fully saturated rings. The van der Waals surface area contributed by atoms with Crippen LogP contribution < -0.4 is 15.5 Å². The predicted molar refractivity (Wildman–Crippen MR) is 109 cm³/mol. The van der Waals surface area contributed by atoms with Crippen molar-refractivity contribution >= 4 is 40.3 Å². The molecule has 0 amide bonds. The van der Waals surface area contributed by atoms with E-state index in [1.54, 1.807) is 0 Å². The number of nitrogens with zero attached hydrogens (tertiary/aromatic N) is 1. The van der Waals surface area contributed by atoms with Crippen LogP contribution in [0.2, 0.25) is 5.02 Å². The standard InChI is InChI=1S/C19H22ClN3OS/c1-14-2-5-16(12-18(14)20)22-19(25)21-13-15-3-6-17(7-4-15)23-8-10-24-11-9-23/h2-7,12H,8-11,13H2,1H3,(H2,21,22,25). The first-order valence-electron chi connectivity index (χ1n) is 8.34. The van der Waals surface area contributed by atoms with Gasteiger partial charge in [-0.15, -0.1) is 0 Å². The third-order valence-corrected chi connectivity index (χ3v) is 4.85. The van der Waals surface area contributed by atoms with Crippen molar-refractivity contribution < 1.29 is 4.74 Å². The van der Waals surface area contributed by atoms with Crippen LogP contribution in [0.25, 0.3) is 0 Å². The fourth-order valence-corrected chi connectivity index (χ4v) is 3.04. The van der Waals surface area contributed by atoms with Gasteiger partial charge < -0.3 is 20.3 Å². The van der Waals surface area contributed by atoms with Gasteiger partial charge in [0.25, 0.3) is 0 Å². The lowest BCUT2D eigenvalue weighted by molar-refractivity contribution is 0.122. The van der Waals surface area contributed by atoms with Crippen LogP contribution in [0.4, 0.5) is 11.4 Å². The van der Waals surface area contributed by atoms with Crippen molar-refractivity contribution in [1.82, 2.24) is 5.32 Å². The highest BCUT2D eigenvalue weighted by molar-refractivity contribution is 7.80. The van der Waals surface area contributed by atoms with Crippen molar-refractivity contribution in [3.05, 3.63) is 58.6 Å². The third-order valence-electron chi connectivity index (χ3n) is 4.20. The first-order chi connectivity index (χ1) is 12.1. The van der Waals surface area contributed by atoms with Gasteiger partial charge in [-0.1, -0.05) is 29.8 Å². The number of rotatable bonds is 4. The molecule has 1 saturated heterocycles. The number of anilines is 2. The van der Waals surface area contributed by atoms with Crippen molar-refractivity contribution in [2.75, 3.05) is 36.5 Å². The second-order valence-corrected chi connectivity index (χ2v) is 6.85. The van der Waals surface area contributed by atoms with E-state index in [0.717, 1.165) is 42.6 Å². The number of ether oxygens (including phenoxy) is 1. The molecule has 132 valence electrons. The Kier molecular flexibility index (Phi) is 6.13. The molecule has 2 aromatic rings. The number of nitrogens with one attached hydrogen (secondary N) is 2. The summed E-state index contributed by atoms with van der Waals surface area (Å²) in [6.07, 6.45) is 0. The van der Waals surface area contributed by atoms with Crippen molar-refractivity contribution in [3.8, 4) is 0 Å². The average molecular weight is 376 g/mol. The highest BCUT2D eigenvalue weighted by atomic mass is 35.5. The summed E-state index contributed by atoms with van der Waals surface area (Å²) in [4.78, 5) is 2.34. The zero-order valence-corrected chi connectivity index (χ0v) is 15.8. The second-order valence-electron chi connectivity index (χ2n) is 6.04. The Morgan fingerprint density at radius 1 is 1.16 bits per heavy atom. The van der Waals surface area contributed by atoms with E-state index in [4.69, 9.17) is 28.6 Å². The van der Waals surface area contributed by atoms with Crippen LogP contribution >= 0.6 is 23.8 Å². The molecule has 1 aliphatic heterocycles. The largest absolute Gasteiger partial charge is 0.378 e. The quantitative estimate of drug-likeness (QED) is 0.791. The summed E-state index contributed by atoms with van der Waals surface area (Å²) in [6.45, 7) is 6.14. The van der Waals surface area contributed by atoms with Crippen molar-refractivity contribution in [1.29, 1.82) is 0 Å². The van der Waals surface area contributed by atoms with Crippen LogP contribution in [0.5, 0.6) is 0 Å². The van der Waals surface area contributed by atoms with Gasteiger partial charge in [-0.25, -0.2) is 0 Å². The molecule has 1 aliphatic rings. The number of hydrogen-bond donors (Lipinski definition) is 2. The normalized spacial score (nSPS) is 14.2. The predicted octanol–water partition coefficient (Wildman–Crippen LogP) is 3.97. The first-order valence-corrected chi connectivity index (χ1v) is 9.13. The zero-order chi connectivity index (χ0) is 17.6. The lowest BCUT2D eigenvalue weighted by Gasteiger charge is -2.28. The van der Waals surface area contributed by atoms with Crippen LogP contribution in [0, 0.1) is 6.92 Å². The first kappa shape index (κ1) is 18.0. The molecule has 0 aromatic heterocycles. The van der Waals surface area contributed by atoms with Crippen LogP contribution in [0.1, 0.15) is 11.1 Å². The maximum atomic E-state index is 6.13. The maximum Gasteiger partial charge on any atom is 0.171 e. The van der Waals surface area contributed by atoms with Gasteiger partial charge in [0, 0.05) is 36.0 Å². The Morgan fingerprint density at radius 3 is 2.56 bits per heavy atom. The van der Waals surface area contributed by atoms with E-state index >= 15 is 0 Å². The molecule has 0 aliphatic carbocycles. The highest BCUT2D eigenvalue weighted by Crippen LogP contribution is 2.20. The lowest BCUT2D eigenvalue weighted by atomic mass is 10.2. The van der Waals surface area contributed by atoms with Crippen LogP contribution in [-0.4, -0.2) is 31.4 Å². The molecule has 25 heavy (non-hydrogen) atoms. The Morgan fingerprint density at radius 2 is 1.88 bits per heavy atom. The van der Waals surface area contributed by atoms with Crippen LogP contribution in [-0.2, 0) is 11.3 Å². The lowest BCUT2D eigenvalue weighted by Crippen LogP contribution is -2.36. The molecular weight excluding hydrogens is 354 g/mol. The molecule has 0 radical (unpaired) electrons. The van der Waals surface area contributed by atoms with E-state index in [1.807, 2.05) is 25.1 Å². The van der Waals surface area contributed by atoms with Gasteiger partial charge in [-0.05, 0) is 54.5 Å². The number of hydrogen-bond acceptors (Lipinski definition) is 3. The highest BCUT2D eigenvalue weighted by Gasteiger charge is 2.10. The minimum atomic E-state index is 0.581. The van der Waals surface area contributed by atoms with Gasteiger partial charge in [0.1, 0.15) is 0 Å². The molecular formula is C19H22ClN3OS. The summed E-state index contributed by atoms with van der Waals surface area (Å²) in [5.41, 5.74) is 4.35. The number of aryl methyl sites for hydroxylation is 1. The molecule has 6 heteroatoms. The van der Waals surface area contributed by atoms with Gasteiger partial charge >= 0.3 is 0 Å². The molecule has 0 spiro atoms. The molecule has 0 unspecified atom stereocenters. The molecule has 0 saturated carbocycles. The molecule has 2 aromatic carbocycles. The van der Waals surface area contributed by atoms with Gasteiger partial charge in [-0.2, -0.15) is 0 Å². The van der Waals surface area contributed by atoms with Crippen molar-refractivity contribution in [3.63, 3.8) is 0 Å². The molecule has 3 rings (SSSR count). The summed E-state index contributed by atoms with van der Waals surface area (Å²) in [5.74, 6) is 0. The Bertz CT molecular complexity index is 730. The summed E-state index contributed by atoms with van der Waals surface area (Å²) in [6, 6.07) is 14.4. The topological polar surface area (TPSA) is 36.5 Å². The Balaban J connectivity index is 1.50. The number of thiocarbonyl (C=S) groups is 1. The maximum absolute atomic E-state index is 6.13. The SMILES string of the molecule is Cc1ccc(NC(=S)NCc2ccc(N3CCOCC3)cc2)cc1Cl. The second kappa shape index (κ2) is 8.52. The Hall–Kier alpha value is -1.82. The third kappa shape index (κ3) is 5.08. The van der Waals surface area contributed by atoms with E-state index in [2.05, 4.69) is 39.8 Å². The number of morpholine rings is 1. The molecule has 4 nitrogen and oxygen atoms in total. The van der Waals surface area contributed by atoms with Crippen LogP contribution in [0.3, 0.4) is 0 Å². The summed E-state index contributed by atoms with van der Waals surface area (Å²) < 4.78 is 5.39. The van der Waals surface area contributed by atoms with Gasteiger partial charge in [-0.3, -0.25) is 0 Å². The van der Waals surface area contributed by atoms with Crippen molar-refractivity contribution in [2.24, 2.45) is 0 Å². The summed E-state index contributed by atoms with van der Waals surface area (Å²) in [7, 11) is 0. The van der Waals surface area contributed by atoms with Gasteiger partial charge in [0.15, 0.2) is 5.11 Å². The van der Waals surface area contributed by atoms with E-state index in [1.165, 1.54) is 11.3 Å². The van der Waals surface area contributed by atoms with Gasteiger partial charge in [0.2, 0.25) is 0 Å². The van der Waals surface area contributed by atoms with E-state index < -0.39 is 0 Å². The Labute approximate surface area is 159 Å². The van der Waals surface area contributed by atoms with Crippen molar-refractivity contribution in [2.45, 2.75) is 13.5 Å². The van der Waals surface area contributed by atoms with E-state index in [-0.39, 0.29) is 0 Å². The summed E-state index contributed by atoms with van der Waals surface area (Å²) in [5, 5.41) is 7.69. The molecule has 0 bridgehead atoms. The zero-order valence-electron chi connectivity index (χ0n) is 14.2. The fraction of sp³-hybridized carbons (Fsp3) is 0.316. The molecule has 1 heterocycles. The number of benzene rings is 2. The minimum Gasteiger partial charge on any atom is -0.378 e. The van der Waals surface area contributed by atoms with Gasteiger partial charge in [0.05, 0.1) is 13.2 Å². The van der Waals surface area contributed by atoms with Crippen LogP contribution in [0.15, 0.2) is 42.5 Å². The monoisotopic (exact) mass is 375 g/mol. The summed E-state index contributed by atoms with van der Waals surface area (Å²) >= 11 is 11.5. The average Bonchev–Trinajstić information content (AvgIpc) is 2.64. The van der Waals surface area contributed by atoms with E-state index in [9.17, 15) is 0 Å².